The summed E-state index contributed by atoms with van der Waals surface area (Å²) >= 11 is -1.01. The van der Waals surface area contributed by atoms with Crippen LogP contribution in [0.1, 0.15) is 15.9 Å². The molecule has 0 saturated carbocycles. The summed E-state index contributed by atoms with van der Waals surface area (Å²) in [5, 5.41) is 8.72. The molecular formula is C11H5F6NO3S. The van der Waals surface area contributed by atoms with Crippen molar-refractivity contribution in [1.29, 1.82) is 5.26 Å². The molecule has 4 nitrogen and oxygen atoms in total. The Bertz CT molecular complexity index is 620. The first-order chi connectivity index (χ1) is 9.98. The molecule has 0 aliphatic heterocycles. The molecule has 0 saturated heterocycles. The third-order valence-corrected chi connectivity index (χ3v) is 2.91. The molecule has 0 bridgehead atoms. The van der Waals surface area contributed by atoms with Gasteiger partial charge in [0.15, 0.2) is 5.75 Å². The molecule has 1 aromatic carbocycles. The SMILES string of the molecule is COC(=O)c1ccc(C#N)c(OC(F)(F)F)c1SC(F)(F)F. The van der Waals surface area contributed by atoms with E-state index in [0.717, 1.165) is 19.2 Å². The molecule has 1 rings (SSSR count). The van der Waals surface area contributed by atoms with Crippen LogP contribution in [0.3, 0.4) is 0 Å². The number of esters is 1. The van der Waals surface area contributed by atoms with Gasteiger partial charge in [0.1, 0.15) is 6.07 Å². The number of rotatable bonds is 3. The van der Waals surface area contributed by atoms with Crippen molar-refractivity contribution in [3.8, 4) is 11.8 Å². The van der Waals surface area contributed by atoms with Gasteiger partial charge >= 0.3 is 17.8 Å². The number of nitrogens with zero attached hydrogens (tertiary/aromatic N) is 1. The van der Waals surface area contributed by atoms with E-state index in [9.17, 15) is 31.1 Å². The van der Waals surface area contributed by atoms with Gasteiger partial charge in [-0.2, -0.15) is 18.4 Å². The largest absolute Gasteiger partial charge is 0.573 e. The van der Waals surface area contributed by atoms with E-state index < -0.39 is 51.4 Å². The van der Waals surface area contributed by atoms with Crippen molar-refractivity contribution >= 4 is 17.7 Å². The van der Waals surface area contributed by atoms with Crippen LogP contribution in [0.4, 0.5) is 26.3 Å². The highest BCUT2D eigenvalue weighted by Crippen LogP contribution is 2.46. The van der Waals surface area contributed by atoms with Gasteiger partial charge in [0.25, 0.3) is 0 Å². The Morgan fingerprint density at radius 3 is 2.23 bits per heavy atom. The minimum Gasteiger partial charge on any atom is -0.465 e. The Morgan fingerprint density at radius 2 is 1.82 bits per heavy atom. The summed E-state index contributed by atoms with van der Waals surface area (Å²) in [4.78, 5) is 10.2. The smallest absolute Gasteiger partial charge is 0.465 e. The normalized spacial score (nSPS) is 11.7. The van der Waals surface area contributed by atoms with Crippen LogP contribution in [-0.4, -0.2) is 24.9 Å². The number of carbonyl (C=O) groups excluding carboxylic acids is 1. The molecule has 0 aliphatic rings. The number of hydrogen-bond donors (Lipinski definition) is 0. The van der Waals surface area contributed by atoms with E-state index in [4.69, 9.17) is 5.26 Å². The van der Waals surface area contributed by atoms with Crippen LogP contribution in [0.2, 0.25) is 0 Å². The predicted molar refractivity (Wildman–Crippen MR) is 61.1 cm³/mol. The van der Waals surface area contributed by atoms with Gasteiger partial charge in [0.05, 0.1) is 23.1 Å². The van der Waals surface area contributed by atoms with Crippen LogP contribution in [0.25, 0.3) is 0 Å². The Morgan fingerprint density at radius 1 is 1.23 bits per heavy atom. The number of halogens is 6. The highest BCUT2D eigenvalue weighted by Gasteiger charge is 2.39. The standard InChI is InChI=1S/C11H5F6NO3S/c1-20-9(19)6-3-2-5(4-18)7(21-10(12,13)14)8(6)22-11(15,16)17/h2-3H,1H3. The lowest BCUT2D eigenvalue weighted by atomic mass is 10.1. The molecule has 0 aromatic heterocycles. The van der Waals surface area contributed by atoms with Crippen molar-refractivity contribution in [2.45, 2.75) is 16.8 Å². The third-order valence-electron chi connectivity index (χ3n) is 2.07. The molecule has 0 amide bonds. The number of nitriles is 1. The molecule has 0 radical (unpaired) electrons. The van der Waals surface area contributed by atoms with Crippen LogP contribution in [-0.2, 0) is 4.74 Å². The lowest BCUT2D eigenvalue weighted by Gasteiger charge is -2.17. The Labute approximate surface area is 123 Å². The summed E-state index contributed by atoms with van der Waals surface area (Å²) < 4.78 is 82.3. The van der Waals surface area contributed by atoms with Crippen LogP contribution < -0.4 is 4.74 Å². The second-order valence-corrected chi connectivity index (χ2v) is 4.59. The fourth-order valence-corrected chi connectivity index (χ4v) is 2.09. The van der Waals surface area contributed by atoms with Gasteiger partial charge in [0.2, 0.25) is 0 Å². The molecular weight excluding hydrogens is 340 g/mol. The summed E-state index contributed by atoms with van der Waals surface area (Å²) in [6.07, 6.45) is -5.35. The Kier molecular flexibility index (Phi) is 5.18. The van der Waals surface area contributed by atoms with Crippen molar-refractivity contribution < 1.29 is 40.6 Å². The van der Waals surface area contributed by atoms with Crippen molar-refractivity contribution in [2.75, 3.05) is 7.11 Å². The zero-order chi connectivity index (χ0) is 17.1. The van der Waals surface area contributed by atoms with Gasteiger partial charge in [-0.3, -0.25) is 0 Å². The number of thioether (sulfide) groups is 1. The first-order valence-corrected chi connectivity index (χ1v) is 5.97. The second kappa shape index (κ2) is 6.35. The molecule has 0 heterocycles. The second-order valence-electron chi connectivity index (χ2n) is 3.52. The number of benzene rings is 1. The van der Waals surface area contributed by atoms with Gasteiger partial charge in [-0.05, 0) is 23.9 Å². The molecule has 22 heavy (non-hydrogen) atoms. The quantitative estimate of drug-likeness (QED) is 0.473. The maximum atomic E-state index is 12.5. The number of hydrogen-bond acceptors (Lipinski definition) is 5. The van der Waals surface area contributed by atoms with Crippen molar-refractivity contribution in [3.63, 3.8) is 0 Å². The number of alkyl halides is 6. The molecule has 11 heteroatoms. The molecule has 0 fully saturated rings. The summed E-state index contributed by atoms with van der Waals surface area (Å²) in [5.41, 5.74) is -6.62. The molecule has 0 unspecified atom stereocenters. The first-order valence-electron chi connectivity index (χ1n) is 5.15. The molecule has 0 spiro atoms. The zero-order valence-electron chi connectivity index (χ0n) is 10.5. The first kappa shape index (κ1) is 18.0. The topological polar surface area (TPSA) is 59.3 Å². The van der Waals surface area contributed by atoms with Crippen LogP contribution in [0, 0.1) is 11.3 Å². The van der Waals surface area contributed by atoms with Gasteiger partial charge in [-0.1, -0.05) is 0 Å². The van der Waals surface area contributed by atoms with Crippen molar-refractivity contribution in [1.82, 2.24) is 0 Å². The number of carbonyl (C=O) groups is 1. The van der Waals surface area contributed by atoms with Crippen molar-refractivity contribution in [2.24, 2.45) is 0 Å². The highest BCUT2D eigenvalue weighted by molar-refractivity contribution is 8.00. The van der Waals surface area contributed by atoms with Gasteiger partial charge < -0.3 is 9.47 Å². The number of methoxy groups -OCH3 is 1. The fourth-order valence-electron chi connectivity index (χ4n) is 1.36. The fraction of sp³-hybridized carbons (Fsp3) is 0.273. The van der Waals surface area contributed by atoms with E-state index in [1.807, 2.05) is 0 Å². The van der Waals surface area contributed by atoms with E-state index in [1.165, 1.54) is 6.07 Å². The molecule has 0 aliphatic carbocycles. The van der Waals surface area contributed by atoms with E-state index in [1.54, 1.807) is 0 Å². The van der Waals surface area contributed by atoms with Gasteiger partial charge in [0, 0.05) is 0 Å². The van der Waals surface area contributed by atoms with Gasteiger partial charge in [-0.25, -0.2) is 4.79 Å². The molecule has 0 N–H and O–H groups in total. The van der Waals surface area contributed by atoms with E-state index in [0.29, 0.717) is 0 Å². The van der Waals surface area contributed by atoms with Gasteiger partial charge in [-0.15, -0.1) is 13.2 Å². The average molecular weight is 345 g/mol. The van der Waals surface area contributed by atoms with Crippen LogP contribution in [0.15, 0.2) is 17.0 Å². The summed E-state index contributed by atoms with van der Waals surface area (Å²) in [5.74, 6) is -2.71. The van der Waals surface area contributed by atoms with E-state index in [2.05, 4.69) is 9.47 Å². The summed E-state index contributed by atoms with van der Waals surface area (Å²) in [6.45, 7) is 0. The Hall–Kier alpha value is -2.09. The third kappa shape index (κ3) is 4.73. The average Bonchev–Trinajstić information content (AvgIpc) is 2.36. The van der Waals surface area contributed by atoms with Crippen LogP contribution >= 0.6 is 11.8 Å². The maximum absolute atomic E-state index is 12.5. The van der Waals surface area contributed by atoms with Crippen LogP contribution in [0.5, 0.6) is 5.75 Å². The molecule has 120 valence electrons. The highest BCUT2D eigenvalue weighted by atomic mass is 32.2. The predicted octanol–water partition coefficient (Wildman–Crippen LogP) is 3.86. The van der Waals surface area contributed by atoms with E-state index >= 15 is 0 Å². The van der Waals surface area contributed by atoms with Crippen molar-refractivity contribution in [3.05, 3.63) is 23.3 Å². The summed E-state index contributed by atoms with van der Waals surface area (Å²) in [6, 6.07) is 2.75. The zero-order valence-corrected chi connectivity index (χ0v) is 11.3. The lowest BCUT2D eigenvalue weighted by Crippen LogP contribution is -2.20. The van der Waals surface area contributed by atoms with E-state index in [-0.39, 0.29) is 0 Å². The maximum Gasteiger partial charge on any atom is 0.573 e. The minimum absolute atomic E-state index is 0.730. The minimum atomic E-state index is -5.35. The summed E-state index contributed by atoms with van der Waals surface area (Å²) in [7, 11) is 0.840. The monoisotopic (exact) mass is 345 g/mol. The molecule has 0 atom stereocenters. The lowest BCUT2D eigenvalue weighted by molar-refractivity contribution is -0.275. The Balaban J connectivity index is 3.60. The number of ether oxygens (including phenoxy) is 2. The molecule has 1 aromatic rings.